The van der Waals surface area contributed by atoms with E-state index >= 15 is 0 Å². The first kappa shape index (κ1) is 12.5. The van der Waals surface area contributed by atoms with Crippen LogP contribution in [0.2, 0.25) is 5.02 Å². The molecule has 0 aliphatic rings. The zero-order valence-corrected chi connectivity index (χ0v) is 10.1. The summed E-state index contributed by atoms with van der Waals surface area (Å²) in [6, 6.07) is 7.15. The molecule has 0 spiro atoms. The van der Waals surface area contributed by atoms with Crippen molar-refractivity contribution in [1.29, 1.82) is 0 Å². The molecule has 16 heavy (non-hydrogen) atoms. The lowest BCUT2D eigenvalue weighted by Crippen LogP contribution is -2.06. The van der Waals surface area contributed by atoms with E-state index in [1.54, 1.807) is 29.2 Å². The Morgan fingerprint density at radius 1 is 1.38 bits per heavy atom. The molecular weight excluding hydrogens is 222 g/mol. The Hall–Kier alpha value is -1.61. The van der Waals surface area contributed by atoms with E-state index in [9.17, 15) is 0 Å². The van der Waals surface area contributed by atoms with Crippen molar-refractivity contribution >= 4 is 17.3 Å². The van der Waals surface area contributed by atoms with Crippen LogP contribution in [0.3, 0.4) is 0 Å². The van der Waals surface area contributed by atoms with Gasteiger partial charge in [0, 0.05) is 18.3 Å². The molecule has 0 saturated carbocycles. The lowest BCUT2D eigenvalue weighted by Gasteiger charge is -2.10. The third kappa shape index (κ3) is 3.87. The van der Waals surface area contributed by atoms with Crippen molar-refractivity contribution in [2.24, 2.45) is 10.2 Å². The molecule has 1 aromatic carbocycles. The molecular formula is C12H14ClN3. The molecule has 0 unspecified atom stereocenters. The fourth-order valence-electron chi connectivity index (χ4n) is 1.00. The van der Waals surface area contributed by atoms with Gasteiger partial charge >= 0.3 is 0 Å². The van der Waals surface area contributed by atoms with Crippen molar-refractivity contribution in [3.8, 4) is 0 Å². The van der Waals surface area contributed by atoms with Gasteiger partial charge in [0.2, 0.25) is 0 Å². The smallest absolute Gasteiger partial charge is 0.147 e. The molecule has 3 nitrogen and oxygen atoms in total. The van der Waals surface area contributed by atoms with Crippen LogP contribution in [0.4, 0.5) is 5.69 Å². The van der Waals surface area contributed by atoms with Crippen molar-refractivity contribution in [2.45, 2.75) is 6.92 Å². The normalized spacial score (nSPS) is 11.2. The Morgan fingerprint density at radius 3 is 2.56 bits per heavy atom. The highest BCUT2D eigenvalue weighted by atomic mass is 35.5. The van der Waals surface area contributed by atoms with Gasteiger partial charge in [-0.1, -0.05) is 24.3 Å². The maximum atomic E-state index is 5.76. The van der Waals surface area contributed by atoms with E-state index in [4.69, 9.17) is 11.6 Å². The molecule has 0 heterocycles. The van der Waals surface area contributed by atoms with E-state index < -0.39 is 0 Å². The predicted octanol–water partition coefficient (Wildman–Crippen LogP) is 4.36. The van der Waals surface area contributed by atoms with Gasteiger partial charge in [-0.15, -0.1) is 10.2 Å². The molecule has 0 fully saturated rings. The maximum Gasteiger partial charge on any atom is 0.147 e. The number of halogens is 1. The minimum absolute atomic E-state index is 0.577. The van der Waals surface area contributed by atoms with Crippen molar-refractivity contribution in [3.63, 3.8) is 0 Å². The largest absolute Gasteiger partial charge is 0.335 e. The van der Waals surface area contributed by atoms with Crippen molar-refractivity contribution in [3.05, 3.63) is 54.0 Å². The summed E-state index contributed by atoms with van der Waals surface area (Å²) >= 11 is 5.76. The van der Waals surface area contributed by atoms with Gasteiger partial charge in [-0.2, -0.15) is 0 Å². The van der Waals surface area contributed by atoms with Gasteiger partial charge in [0.15, 0.2) is 0 Å². The fraction of sp³-hybridized carbons (Fsp3) is 0.167. The second kappa shape index (κ2) is 6.08. The van der Waals surface area contributed by atoms with Crippen LogP contribution < -0.4 is 0 Å². The van der Waals surface area contributed by atoms with E-state index in [-0.39, 0.29) is 0 Å². The second-order valence-corrected chi connectivity index (χ2v) is 3.62. The van der Waals surface area contributed by atoms with Gasteiger partial charge in [-0.25, -0.2) is 0 Å². The van der Waals surface area contributed by atoms with Gasteiger partial charge in [0.05, 0.1) is 5.69 Å². The van der Waals surface area contributed by atoms with Crippen LogP contribution in [0.5, 0.6) is 0 Å². The summed E-state index contributed by atoms with van der Waals surface area (Å²) in [4.78, 5) is 1.79. The standard InChI is InChI=1S/C12H14ClN3/c1-4-9-16(3)10(2)14-15-12-7-5-11(13)6-8-12/h4-9H,2H2,1,3H3/b9-4-,15-14?. The molecule has 4 heteroatoms. The fourth-order valence-corrected chi connectivity index (χ4v) is 1.13. The molecule has 0 amide bonds. The monoisotopic (exact) mass is 235 g/mol. The molecule has 0 N–H and O–H groups in total. The quantitative estimate of drug-likeness (QED) is 0.713. The minimum Gasteiger partial charge on any atom is -0.335 e. The van der Waals surface area contributed by atoms with E-state index in [1.807, 2.05) is 26.2 Å². The number of hydrogen-bond acceptors (Lipinski definition) is 3. The van der Waals surface area contributed by atoms with Crippen molar-refractivity contribution in [1.82, 2.24) is 4.90 Å². The van der Waals surface area contributed by atoms with E-state index in [0.29, 0.717) is 10.8 Å². The summed E-state index contributed by atoms with van der Waals surface area (Å²) in [6.07, 6.45) is 3.77. The van der Waals surface area contributed by atoms with Crippen LogP contribution in [0.25, 0.3) is 0 Å². The minimum atomic E-state index is 0.577. The SMILES string of the molecule is C=C(N=Nc1ccc(Cl)cc1)N(C)/C=C\C. The van der Waals surface area contributed by atoms with Crippen LogP contribution in [0.15, 0.2) is 59.2 Å². The lowest BCUT2D eigenvalue weighted by atomic mass is 10.3. The van der Waals surface area contributed by atoms with Gasteiger partial charge in [-0.05, 0) is 31.2 Å². The summed E-state index contributed by atoms with van der Waals surface area (Å²) in [5, 5.41) is 8.73. The Balaban J connectivity index is 2.66. The number of nitrogens with zero attached hydrogens (tertiary/aromatic N) is 3. The van der Waals surface area contributed by atoms with E-state index in [1.165, 1.54) is 0 Å². The predicted molar refractivity (Wildman–Crippen MR) is 67.7 cm³/mol. The number of azo groups is 1. The summed E-state index contributed by atoms with van der Waals surface area (Å²) < 4.78 is 0. The summed E-state index contributed by atoms with van der Waals surface area (Å²) in [6.45, 7) is 5.72. The van der Waals surface area contributed by atoms with Crippen LogP contribution in [0, 0.1) is 0 Å². The van der Waals surface area contributed by atoms with E-state index in [2.05, 4.69) is 16.8 Å². The van der Waals surface area contributed by atoms with Gasteiger partial charge in [0.1, 0.15) is 5.82 Å². The molecule has 0 aliphatic heterocycles. The number of allylic oxidation sites excluding steroid dienone is 1. The van der Waals surface area contributed by atoms with Crippen LogP contribution >= 0.6 is 11.6 Å². The van der Waals surface area contributed by atoms with Gasteiger partial charge in [0.25, 0.3) is 0 Å². The van der Waals surface area contributed by atoms with Gasteiger partial charge < -0.3 is 4.90 Å². The highest BCUT2D eigenvalue weighted by molar-refractivity contribution is 6.30. The molecule has 1 aromatic rings. The van der Waals surface area contributed by atoms with E-state index in [0.717, 1.165) is 5.69 Å². The number of benzene rings is 1. The summed E-state index contributed by atoms with van der Waals surface area (Å²) in [5.41, 5.74) is 0.749. The third-order valence-electron chi connectivity index (χ3n) is 1.89. The number of hydrogen-bond donors (Lipinski definition) is 0. The van der Waals surface area contributed by atoms with Crippen LogP contribution in [-0.4, -0.2) is 11.9 Å². The topological polar surface area (TPSA) is 28.0 Å². The molecule has 84 valence electrons. The van der Waals surface area contributed by atoms with Crippen LogP contribution in [0.1, 0.15) is 6.92 Å². The average Bonchev–Trinajstić information content (AvgIpc) is 2.28. The molecule has 0 bridgehead atoms. The Bertz CT molecular complexity index is 407. The first-order valence-electron chi connectivity index (χ1n) is 4.85. The number of rotatable bonds is 4. The highest BCUT2D eigenvalue weighted by Gasteiger charge is 1.95. The maximum absolute atomic E-state index is 5.76. The van der Waals surface area contributed by atoms with Gasteiger partial charge in [-0.3, -0.25) is 0 Å². The Morgan fingerprint density at radius 2 is 2.00 bits per heavy atom. The Labute approximate surface area is 101 Å². The molecule has 0 aliphatic carbocycles. The van der Waals surface area contributed by atoms with Crippen LogP contribution in [-0.2, 0) is 0 Å². The highest BCUT2D eigenvalue weighted by Crippen LogP contribution is 2.17. The first-order chi connectivity index (χ1) is 7.63. The summed E-state index contributed by atoms with van der Waals surface area (Å²) in [7, 11) is 1.86. The zero-order valence-electron chi connectivity index (χ0n) is 9.39. The second-order valence-electron chi connectivity index (χ2n) is 3.19. The molecule has 0 saturated heterocycles. The molecule has 0 atom stereocenters. The Kier molecular flexibility index (Phi) is 4.73. The molecule has 0 radical (unpaired) electrons. The zero-order chi connectivity index (χ0) is 12.0. The van der Waals surface area contributed by atoms with Crippen molar-refractivity contribution in [2.75, 3.05) is 7.05 Å². The average molecular weight is 236 g/mol. The molecule has 1 rings (SSSR count). The molecule has 0 aromatic heterocycles. The lowest BCUT2D eigenvalue weighted by molar-refractivity contribution is 0.555. The first-order valence-corrected chi connectivity index (χ1v) is 5.23. The van der Waals surface area contributed by atoms with Crippen molar-refractivity contribution < 1.29 is 0 Å². The third-order valence-corrected chi connectivity index (χ3v) is 2.14. The summed E-state index contributed by atoms with van der Waals surface area (Å²) in [5.74, 6) is 0.577.